The molecule has 0 bridgehead atoms. The largest absolute Gasteiger partial charge is 0.467 e. The summed E-state index contributed by atoms with van der Waals surface area (Å²) in [7, 11) is 0. The molecule has 0 aliphatic carbocycles. The van der Waals surface area contributed by atoms with E-state index in [2.05, 4.69) is 63.9 Å². The minimum Gasteiger partial charge on any atom is -0.467 e. The van der Waals surface area contributed by atoms with E-state index in [1.54, 1.807) is 6.26 Å². The molecule has 1 aliphatic rings. The van der Waals surface area contributed by atoms with Gasteiger partial charge in [-0.3, -0.25) is 0 Å². The number of halogens is 1. The first-order valence-corrected chi connectivity index (χ1v) is 8.38. The maximum Gasteiger partial charge on any atom is 0.191 e. The van der Waals surface area contributed by atoms with E-state index in [1.807, 2.05) is 12.1 Å². The SMILES string of the molecule is CCNC(=NCc1cccc(N2CC=CC2)c1)NCc1ccco1.I. The summed E-state index contributed by atoms with van der Waals surface area (Å²) in [6.45, 7) is 6.12. The van der Waals surface area contributed by atoms with Crippen LogP contribution in [0.15, 0.2) is 64.2 Å². The van der Waals surface area contributed by atoms with Gasteiger partial charge in [0.25, 0.3) is 0 Å². The molecule has 5 nitrogen and oxygen atoms in total. The topological polar surface area (TPSA) is 52.8 Å². The van der Waals surface area contributed by atoms with Crippen LogP contribution in [-0.4, -0.2) is 25.6 Å². The van der Waals surface area contributed by atoms with Gasteiger partial charge >= 0.3 is 0 Å². The van der Waals surface area contributed by atoms with Crippen molar-refractivity contribution in [1.82, 2.24) is 10.6 Å². The lowest BCUT2D eigenvalue weighted by atomic mass is 10.2. The first kappa shape index (κ1) is 19.4. The fourth-order valence-corrected chi connectivity index (χ4v) is 2.64. The zero-order chi connectivity index (χ0) is 16.6. The molecule has 2 aromatic rings. The maximum atomic E-state index is 5.34. The molecule has 0 fully saturated rings. The number of anilines is 1. The van der Waals surface area contributed by atoms with Gasteiger partial charge in [-0.05, 0) is 36.8 Å². The van der Waals surface area contributed by atoms with Gasteiger partial charge in [-0.2, -0.15) is 0 Å². The molecular formula is C19H25IN4O. The molecule has 0 spiro atoms. The minimum absolute atomic E-state index is 0. The van der Waals surface area contributed by atoms with Crippen LogP contribution in [0.1, 0.15) is 18.2 Å². The second-order valence-electron chi connectivity index (χ2n) is 5.67. The fraction of sp³-hybridized carbons (Fsp3) is 0.316. The summed E-state index contributed by atoms with van der Waals surface area (Å²) in [6, 6.07) is 12.4. The van der Waals surface area contributed by atoms with Crippen LogP contribution in [0.25, 0.3) is 0 Å². The van der Waals surface area contributed by atoms with Gasteiger partial charge in [0.1, 0.15) is 5.76 Å². The number of furan rings is 1. The lowest BCUT2D eigenvalue weighted by Gasteiger charge is -2.18. The monoisotopic (exact) mass is 452 g/mol. The molecule has 0 saturated carbocycles. The smallest absolute Gasteiger partial charge is 0.191 e. The van der Waals surface area contributed by atoms with Gasteiger partial charge in [0.05, 0.1) is 19.4 Å². The minimum atomic E-state index is 0. The van der Waals surface area contributed by atoms with E-state index in [4.69, 9.17) is 4.42 Å². The number of rotatable bonds is 6. The van der Waals surface area contributed by atoms with Crippen molar-refractivity contribution in [2.75, 3.05) is 24.5 Å². The number of hydrogen-bond donors (Lipinski definition) is 2. The predicted octanol–water partition coefficient (Wildman–Crippen LogP) is 3.53. The van der Waals surface area contributed by atoms with Crippen LogP contribution in [0, 0.1) is 0 Å². The molecule has 0 unspecified atom stereocenters. The molecule has 134 valence electrons. The molecule has 3 rings (SSSR count). The zero-order valence-corrected chi connectivity index (χ0v) is 16.8. The molecule has 25 heavy (non-hydrogen) atoms. The maximum absolute atomic E-state index is 5.34. The molecule has 1 aromatic carbocycles. The highest BCUT2D eigenvalue weighted by molar-refractivity contribution is 14.0. The number of guanidine groups is 1. The van der Waals surface area contributed by atoms with E-state index < -0.39 is 0 Å². The summed E-state index contributed by atoms with van der Waals surface area (Å²) < 4.78 is 5.34. The highest BCUT2D eigenvalue weighted by Gasteiger charge is 2.08. The molecular weight excluding hydrogens is 427 g/mol. The Kier molecular flexibility index (Phi) is 7.84. The van der Waals surface area contributed by atoms with Gasteiger partial charge in [-0.1, -0.05) is 24.3 Å². The van der Waals surface area contributed by atoms with Gasteiger partial charge in [0.15, 0.2) is 5.96 Å². The van der Waals surface area contributed by atoms with E-state index in [0.29, 0.717) is 13.1 Å². The quantitative estimate of drug-likeness (QED) is 0.305. The number of aliphatic imine (C=N–C) groups is 1. The Morgan fingerprint density at radius 3 is 2.72 bits per heavy atom. The van der Waals surface area contributed by atoms with Crippen molar-refractivity contribution in [2.45, 2.75) is 20.0 Å². The van der Waals surface area contributed by atoms with Gasteiger partial charge in [0, 0.05) is 25.3 Å². The molecule has 0 amide bonds. The van der Waals surface area contributed by atoms with Crippen LogP contribution >= 0.6 is 24.0 Å². The van der Waals surface area contributed by atoms with Crippen molar-refractivity contribution < 1.29 is 4.42 Å². The van der Waals surface area contributed by atoms with Crippen molar-refractivity contribution in [2.24, 2.45) is 4.99 Å². The van der Waals surface area contributed by atoms with Crippen LogP contribution in [-0.2, 0) is 13.1 Å². The summed E-state index contributed by atoms with van der Waals surface area (Å²) in [4.78, 5) is 7.01. The molecule has 6 heteroatoms. The van der Waals surface area contributed by atoms with Crippen molar-refractivity contribution >= 4 is 35.6 Å². The van der Waals surface area contributed by atoms with Crippen molar-refractivity contribution in [1.29, 1.82) is 0 Å². The molecule has 0 atom stereocenters. The van der Waals surface area contributed by atoms with E-state index in [0.717, 1.165) is 31.4 Å². The number of nitrogens with zero attached hydrogens (tertiary/aromatic N) is 2. The normalized spacial score (nSPS) is 13.6. The summed E-state index contributed by atoms with van der Waals surface area (Å²) >= 11 is 0. The van der Waals surface area contributed by atoms with Crippen LogP contribution in [0.2, 0.25) is 0 Å². The van der Waals surface area contributed by atoms with Gasteiger partial charge in [0.2, 0.25) is 0 Å². The third kappa shape index (κ3) is 5.81. The summed E-state index contributed by atoms with van der Waals surface area (Å²) in [5.74, 6) is 1.69. The Labute approximate surface area is 166 Å². The van der Waals surface area contributed by atoms with E-state index in [-0.39, 0.29) is 24.0 Å². The zero-order valence-electron chi connectivity index (χ0n) is 14.4. The summed E-state index contributed by atoms with van der Waals surface area (Å²) in [5, 5.41) is 6.55. The number of nitrogens with one attached hydrogen (secondary N) is 2. The lowest BCUT2D eigenvalue weighted by molar-refractivity contribution is 0.501. The second kappa shape index (κ2) is 10.1. The highest BCUT2D eigenvalue weighted by Crippen LogP contribution is 2.18. The fourth-order valence-electron chi connectivity index (χ4n) is 2.64. The summed E-state index contributed by atoms with van der Waals surface area (Å²) in [6.07, 6.45) is 6.08. The van der Waals surface area contributed by atoms with Gasteiger partial charge in [-0.25, -0.2) is 4.99 Å². The Hall–Kier alpha value is -1.96. The van der Waals surface area contributed by atoms with Crippen LogP contribution in [0.3, 0.4) is 0 Å². The molecule has 0 saturated heterocycles. The summed E-state index contributed by atoms with van der Waals surface area (Å²) in [5.41, 5.74) is 2.45. The Morgan fingerprint density at radius 1 is 1.16 bits per heavy atom. The first-order chi connectivity index (χ1) is 11.8. The van der Waals surface area contributed by atoms with E-state index >= 15 is 0 Å². The van der Waals surface area contributed by atoms with Gasteiger partial charge in [-0.15, -0.1) is 24.0 Å². The first-order valence-electron chi connectivity index (χ1n) is 8.38. The molecule has 1 aliphatic heterocycles. The third-order valence-electron chi connectivity index (χ3n) is 3.87. The van der Waals surface area contributed by atoms with Crippen molar-refractivity contribution in [3.8, 4) is 0 Å². The molecule has 1 aromatic heterocycles. The van der Waals surface area contributed by atoms with Crippen molar-refractivity contribution in [3.05, 3.63) is 66.1 Å². The van der Waals surface area contributed by atoms with Crippen LogP contribution in [0.5, 0.6) is 0 Å². The van der Waals surface area contributed by atoms with Crippen molar-refractivity contribution in [3.63, 3.8) is 0 Å². The molecule has 2 N–H and O–H groups in total. The third-order valence-corrected chi connectivity index (χ3v) is 3.87. The highest BCUT2D eigenvalue weighted by atomic mass is 127. The average Bonchev–Trinajstić information content (AvgIpc) is 3.31. The van der Waals surface area contributed by atoms with Gasteiger partial charge < -0.3 is 20.0 Å². The Morgan fingerprint density at radius 2 is 2.00 bits per heavy atom. The standard InChI is InChI=1S/C19H24N4O.HI/c1-2-20-19(22-15-18-9-6-12-24-18)21-14-16-7-5-8-17(13-16)23-10-3-4-11-23;/h3-9,12-13H,2,10-11,14-15H2,1H3,(H2,20,21,22);1H. The van der Waals surface area contributed by atoms with Crippen LogP contribution < -0.4 is 15.5 Å². The predicted molar refractivity (Wildman–Crippen MR) is 114 cm³/mol. The molecule has 0 radical (unpaired) electrons. The average molecular weight is 452 g/mol. The lowest BCUT2D eigenvalue weighted by Crippen LogP contribution is -2.36. The van der Waals surface area contributed by atoms with Crippen LogP contribution in [0.4, 0.5) is 5.69 Å². The van der Waals surface area contributed by atoms with E-state index in [1.165, 1.54) is 11.3 Å². The molecule has 2 heterocycles. The number of hydrogen-bond acceptors (Lipinski definition) is 3. The second-order valence-corrected chi connectivity index (χ2v) is 5.67. The Balaban J connectivity index is 0.00000225. The van der Waals surface area contributed by atoms with E-state index in [9.17, 15) is 0 Å². The Bertz CT molecular complexity index is 689. The number of benzene rings is 1.